The fourth-order valence-electron chi connectivity index (χ4n) is 4.32. The Bertz CT molecular complexity index is 1070. The molecule has 2 saturated heterocycles. The molecule has 3 aromatic rings. The van der Waals surface area contributed by atoms with E-state index in [1.54, 1.807) is 23.1 Å². The first-order valence-corrected chi connectivity index (χ1v) is 13.0. The number of aromatic nitrogens is 1. The van der Waals surface area contributed by atoms with Gasteiger partial charge in [0.25, 0.3) is 5.91 Å². The van der Waals surface area contributed by atoms with E-state index in [1.807, 2.05) is 41.3 Å². The second-order valence-electron chi connectivity index (χ2n) is 8.17. The van der Waals surface area contributed by atoms with Gasteiger partial charge in [-0.3, -0.25) is 4.79 Å². The highest BCUT2D eigenvalue weighted by Crippen LogP contribution is 2.35. The van der Waals surface area contributed by atoms with E-state index in [-0.39, 0.29) is 5.91 Å². The normalized spacial score (nSPS) is 19.9. The number of amides is 1. The Labute approximate surface area is 195 Å². The summed E-state index contributed by atoms with van der Waals surface area (Å²) in [7, 11) is 0. The largest absolute Gasteiger partial charge is 0.377 e. The maximum Gasteiger partial charge on any atom is 0.254 e. The van der Waals surface area contributed by atoms with Crippen molar-refractivity contribution >= 4 is 50.8 Å². The second kappa shape index (κ2) is 9.49. The number of carbonyl (C=O) groups excluding carboxylic acids is 1. The summed E-state index contributed by atoms with van der Waals surface area (Å²) >= 11 is 9.61. The molecular formula is C24H25ClN2O2S2. The van der Waals surface area contributed by atoms with Crippen LogP contribution < -0.4 is 0 Å². The van der Waals surface area contributed by atoms with Gasteiger partial charge in [-0.1, -0.05) is 23.7 Å². The number of hydrogen-bond acceptors (Lipinski definition) is 5. The summed E-state index contributed by atoms with van der Waals surface area (Å²) in [6.07, 6.45) is 4.47. The van der Waals surface area contributed by atoms with E-state index in [9.17, 15) is 4.79 Å². The lowest BCUT2D eigenvalue weighted by Gasteiger charge is -2.31. The number of nitrogens with zero attached hydrogens (tertiary/aromatic N) is 2. The van der Waals surface area contributed by atoms with Crippen molar-refractivity contribution < 1.29 is 9.53 Å². The highest BCUT2D eigenvalue weighted by molar-refractivity contribution is 7.99. The Kier molecular flexibility index (Phi) is 6.51. The van der Waals surface area contributed by atoms with Crippen LogP contribution in [0.4, 0.5) is 0 Å². The molecule has 3 heterocycles. The zero-order chi connectivity index (χ0) is 21.2. The zero-order valence-corrected chi connectivity index (χ0v) is 19.6. The van der Waals surface area contributed by atoms with Crippen LogP contribution in [0.25, 0.3) is 10.2 Å². The smallest absolute Gasteiger partial charge is 0.254 e. The minimum absolute atomic E-state index is 0.143. The van der Waals surface area contributed by atoms with Gasteiger partial charge in [0.2, 0.25) is 0 Å². The predicted octanol–water partition coefficient (Wildman–Crippen LogP) is 6.24. The molecule has 0 spiro atoms. The summed E-state index contributed by atoms with van der Waals surface area (Å²) in [5.74, 6) is 1.46. The Morgan fingerprint density at radius 3 is 2.84 bits per heavy atom. The van der Waals surface area contributed by atoms with Crippen LogP contribution in [0.2, 0.25) is 5.02 Å². The molecule has 2 aromatic carbocycles. The molecule has 31 heavy (non-hydrogen) atoms. The van der Waals surface area contributed by atoms with Crippen molar-refractivity contribution in [3.63, 3.8) is 0 Å². The monoisotopic (exact) mass is 472 g/mol. The van der Waals surface area contributed by atoms with E-state index in [4.69, 9.17) is 21.3 Å². The topological polar surface area (TPSA) is 42.4 Å². The third-order valence-corrected chi connectivity index (χ3v) is 8.70. The first-order chi connectivity index (χ1) is 15.2. The van der Waals surface area contributed by atoms with Gasteiger partial charge in [-0.25, -0.2) is 4.98 Å². The summed E-state index contributed by atoms with van der Waals surface area (Å²) in [4.78, 5) is 21.2. The predicted molar refractivity (Wildman–Crippen MR) is 129 cm³/mol. The molecule has 0 radical (unpaired) electrons. The average molecular weight is 473 g/mol. The van der Waals surface area contributed by atoms with Gasteiger partial charge >= 0.3 is 0 Å². The third kappa shape index (κ3) is 4.77. The van der Waals surface area contributed by atoms with Crippen LogP contribution in [0.3, 0.4) is 0 Å². The maximum atomic E-state index is 13.3. The molecule has 1 amide bonds. The quantitative estimate of drug-likeness (QED) is 0.412. The number of carbonyl (C=O) groups is 1. The average Bonchev–Trinajstić information content (AvgIpc) is 3.47. The number of rotatable bonds is 5. The summed E-state index contributed by atoms with van der Waals surface area (Å²) in [5.41, 5.74) is 1.79. The van der Waals surface area contributed by atoms with Crippen molar-refractivity contribution in [2.75, 3.05) is 25.4 Å². The molecule has 1 atom stereocenters. The van der Waals surface area contributed by atoms with Gasteiger partial charge in [0.15, 0.2) is 0 Å². The number of halogens is 1. The Morgan fingerprint density at radius 1 is 1.19 bits per heavy atom. The fourth-order valence-corrected chi connectivity index (χ4v) is 6.72. The molecule has 162 valence electrons. The molecule has 4 nitrogen and oxygen atoms in total. The van der Waals surface area contributed by atoms with Crippen LogP contribution in [-0.2, 0) is 4.74 Å². The van der Waals surface area contributed by atoms with Crippen LogP contribution >= 0.6 is 34.7 Å². The van der Waals surface area contributed by atoms with Crippen molar-refractivity contribution in [1.82, 2.24) is 9.88 Å². The van der Waals surface area contributed by atoms with Gasteiger partial charge in [0.1, 0.15) is 0 Å². The van der Waals surface area contributed by atoms with Crippen molar-refractivity contribution in [1.29, 1.82) is 0 Å². The van der Waals surface area contributed by atoms with E-state index >= 15 is 0 Å². The van der Waals surface area contributed by atoms with Crippen LogP contribution in [0, 0.1) is 0 Å². The van der Waals surface area contributed by atoms with E-state index in [0.29, 0.717) is 12.0 Å². The van der Waals surface area contributed by atoms with Crippen LogP contribution in [0.5, 0.6) is 0 Å². The molecule has 0 aliphatic carbocycles. The standard InChI is InChI=1S/C24H25ClN2O2S2/c25-17-7-8-22-20(14-17)26-23(31-22)16-9-11-27(12-10-16)24(28)19-5-1-2-6-21(19)30-15-18-4-3-13-29-18/h1-2,5-8,14,16,18H,3-4,9-13,15H2. The van der Waals surface area contributed by atoms with E-state index in [1.165, 1.54) is 4.70 Å². The number of thioether (sulfide) groups is 1. The number of thiazole rings is 1. The van der Waals surface area contributed by atoms with E-state index in [2.05, 4.69) is 6.07 Å². The number of fused-ring (bicyclic) bond motifs is 1. The van der Waals surface area contributed by atoms with E-state index in [0.717, 1.165) is 77.1 Å². The molecule has 2 aliphatic heterocycles. The first-order valence-electron chi connectivity index (χ1n) is 10.9. The Morgan fingerprint density at radius 2 is 2.03 bits per heavy atom. The summed E-state index contributed by atoms with van der Waals surface area (Å²) in [6, 6.07) is 13.9. The molecule has 0 N–H and O–H groups in total. The van der Waals surface area contributed by atoms with Gasteiger partial charge in [-0.05, 0) is 56.0 Å². The minimum atomic E-state index is 0.143. The van der Waals surface area contributed by atoms with Crippen LogP contribution in [0.15, 0.2) is 47.4 Å². The summed E-state index contributed by atoms with van der Waals surface area (Å²) in [6.45, 7) is 2.40. The number of piperidine rings is 1. The highest BCUT2D eigenvalue weighted by Gasteiger charge is 2.28. The second-order valence-corrected chi connectivity index (χ2v) is 10.7. The van der Waals surface area contributed by atoms with Gasteiger partial charge in [-0.15, -0.1) is 23.1 Å². The van der Waals surface area contributed by atoms with Gasteiger partial charge in [0.05, 0.1) is 26.9 Å². The first kappa shape index (κ1) is 21.3. The molecule has 7 heteroatoms. The van der Waals surface area contributed by atoms with E-state index < -0.39 is 0 Å². The number of likely N-dealkylation sites (tertiary alicyclic amines) is 1. The van der Waals surface area contributed by atoms with Crippen LogP contribution in [0.1, 0.15) is 47.0 Å². The molecule has 1 unspecified atom stereocenters. The molecule has 1 aromatic heterocycles. The van der Waals surface area contributed by atoms with Crippen molar-refractivity contribution in [3.8, 4) is 0 Å². The Balaban J connectivity index is 1.23. The molecule has 2 fully saturated rings. The number of benzene rings is 2. The highest BCUT2D eigenvalue weighted by atomic mass is 35.5. The SMILES string of the molecule is O=C(c1ccccc1SCC1CCCO1)N1CCC(c2nc3cc(Cl)ccc3s2)CC1. The number of hydrogen-bond donors (Lipinski definition) is 0. The molecule has 2 aliphatic rings. The molecule has 5 rings (SSSR count). The maximum absolute atomic E-state index is 13.3. The van der Waals surface area contributed by atoms with Crippen molar-refractivity contribution in [2.45, 2.75) is 42.6 Å². The summed E-state index contributed by atoms with van der Waals surface area (Å²) in [5, 5.41) is 1.89. The number of ether oxygens (including phenoxy) is 1. The fraction of sp³-hybridized carbons (Fsp3) is 0.417. The van der Waals surface area contributed by atoms with Crippen molar-refractivity contribution in [3.05, 3.63) is 58.1 Å². The van der Waals surface area contributed by atoms with Crippen LogP contribution in [-0.4, -0.2) is 47.3 Å². The lowest BCUT2D eigenvalue weighted by atomic mass is 9.97. The third-order valence-electron chi connectivity index (χ3n) is 6.06. The van der Waals surface area contributed by atoms with Gasteiger partial charge in [-0.2, -0.15) is 0 Å². The molecular weight excluding hydrogens is 448 g/mol. The minimum Gasteiger partial charge on any atom is -0.377 e. The van der Waals surface area contributed by atoms with Gasteiger partial charge < -0.3 is 9.64 Å². The molecule has 0 saturated carbocycles. The lowest BCUT2D eigenvalue weighted by Crippen LogP contribution is -2.38. The molecule has 0 bridgehead atoms. The van der Waals surface area contributed by atoms with Gasteiger partial charge in [0, 0.05) is 41.3 Å². The summed E-state index contributed by atoms with van der Waals surface area (Å²) < 4.78 is 6.92. The zero-order valence-electron chi connectivity index (χ0n) is 17.3. The lowest BCUT2D eigenvalue weighted by molar-refractivity contribution is 0.0709. The Hall–Kier alpha value is -1.60. The van der Waals surface area contributed by atoms with Crippen molar-refractivity contribution in [2.24, 2.45) is 0 Å².